The predicted octanol–water partition coefficient (Wildman–Crippen LogP) is 2.56. The Morgan fingerprint density at radius 1 is 1.30 bits per heavy atom. The van der Waals surface area contributed by atoms with Crippen LogP contribution in [0, 0.1) is 6.92 Å². The van der Waals surface area contributed by atoms with Gasteiger partial charge in [-0.3, -0.25) is 4.99 Å². The fourth-order valence-electron chi connectivity index (χ4n) is 3.18. The molecule has 0 saturated carbocycles. The van der Waals surface area contributed by atoms with Crippen LogP contribution < -0.4 is 15.4 Å². The van der Waals surface area contributed by atoms with E-state index in [0.29, 0.717) is 13.2 Å². The van der Waals surface area contributed by atoms with E-state index in [1.165, 1.54) is 12.0 Å². The van der Waals surface area contributed by atoms with Crippen LogP contribution in [0.4, 0.5) is 0 Å². The van der Waals surface area contributed by atoms with E-state index in [4.69, 9.17) is 9.47 Å². The van der Waals surface area contributed by atoms with Crippen molar-refractivity contribution >= 4 is 5.96 Å². The number of guanidine groups is 1. The quantitative estimate of drug-likeness (QED) is 0.485. The summed E-state index contributed by atoms with van der Waals surface area (Å²) >= 11 is 0. The molecule has 0 aliphatic carbocycles. The maximum atomic E-state index is 6.18. The Bertz CT molecular complexity index is 586. The molecule has 1 aliphatic rings. The first kappa shape index (κ1) is 21.5. The third-order valence-electron chi connectivity index (χ3n) is 4.78. The molecule has 6 heteroatoms. The summed E-state index contributed by atoms with van der Waals surface area (Å²) < 4.78 is 11.6. The Morgan fingerprint density at radius 3 is 2.81 bits per heavy atom. The zero-order valence-corrected chi connectivity index (χ0v) is 17.4. The molecule has 0 radical (unpaired) electrons. The lowest BCUT2D eigenvalue weighted by molar-refractivity contribution is 0.140. The predicted molar refractivity (Wildman–Crippen MR) is 112 cm³/mol. The van der Waals surface area contributed by atoms with Crippen LogP contribution in [0.3, 0.4) is 0 Å². The van der Waals surface area contributed by atoms with E-state index in [2.05, 4.69) is 59.5 Å². The number of hydrogen-bond acceptors (Lipinski definition) is 4. The standard InChI is InChI=1S/C21H36N4O2/c1-5-11-25(6-2)12-10-23-21(22-4)24-15-18-8-7-17(3)14-20(18)27-19-9-13-26-16-19/h7-8,14,19H,5-6,9-13,15-16H2,1-4H3,(H2,22,23,24). The van der Waals surface area contributed by atoms with Crippen LogP contribution in [0.1, 0.15) is 37.8 Å². The van der Waals surface area contributed by atoms with Crippen molar-refractivity contribution in [1.82, 2.24) is 15.5 Å². The van der Waals surface area contributed by atoms with E-state index < -0.39 is 0 Å². The van der Waals surface area contributed by atoms with Crippen molar-refractivity contribution in [2.75, 3.05) is 46.4 Å². The molecule has 1 fully saturated rings. The zero-order chi connectivity index (χ0) is 19.5. The fourth-order valence-corrected chi connectivity index (χ4v) is 3.18. The van der Waals surface area contributed by atoms with Gasteiger partial charge in [0.1, 0.15) is 11.9 Å². The molecule has 27 heavy (non-hydrogen) atoms. The monoisotopic (exact) mass is 376 g/mol. The molecule has 1 saturated heterocycles. The Kier molecular flexibility index (Phi) is 9.42. The van der Waals surface area contributed by atoms with Gasteiger partial charge in [-0.1, -0.05) is 26.0 Å². The van der Waals surface area contributed by atoms with Crippen molar-refractivity contribution in [3.63, 3.8) is 0 Å². The molecule has 0 spiro atoms. The second-order valence-corrected chi connectivity index (χ2v) is 7.00. The van der Waals surface area contributed by atoms with Crippen LogP contribution in [0.2, 0.25) is 0 Å². The summed E-state index contributed by atoms with van der Waals surface area (Å²) in [6, 6.07) is 6.35. The molecule has 0 amide bonds. The summed E-state index contributed by atoms with van der Waals surface area (Å²) in [5.41, 5.74) is 2.34. The highest BCUT2D eigenvalue weighted by Crippen LogP contribution is 2.23. The lowest BCUT2D eigenvalue weighted by Crippen LogP contribution is -2.41. The van der Waals surface area contributed by atoms with Gasteiger partial charge in [-0.25, -0.2) is 0 Å². The smallest absolute Gasteiger partial charge is 0.191 e. The summed E-state index contributed by atoms with van der Waals surface area (Å²) in [6.45, 7) is 12.8. The van der Waals surface area contributed by atoms with Gasteiger partial charge in [0.25, 0.3) is 0 Å². The Labute approximate surface area is 164 Å². The third-order valence-corrected chi connectivity index (χ3v) is 4.78. The minimum atomic E-state index is 0.154. The summed E-state index contributed by atoms with van der Waals surface area (Å²) in [5, 5.41) is 6.81. The van der Waals surface area contributed by atoms with Crippen LogP contribution in [0.25, 0.3) is 0 Å². The van der Waals surface area contributed by atoms with Crippen LogP contribution >= 0.6 is 0 Å². The van der Waals surface area contributed by atoms with E-state index in [1.807, 2.05) is 0 Å². The average Bonchev–Trinajstić information content (AvgIpc) is 3.18. The first-order valence-electron chi connectivity index (χ1n) is 10.2. The second-order valence-electron chi connectivity index (χ2n) is 7.00. The van der Waals surface area contributed by atoms with Gasteiger partial charge in [-0.15, -0.1) is 0 Å². The van der Waals surface area contributed by atoms with Crippen LogP contribution in [-0.4, -0.2) is 63.4 Å². The number of likely N-dealkylation sites (N-methyl/N-ethyl adjacent to an activating group) is 1. The van der Waals surface area contributed by atoms with Crippen molar-refractivity contribution in [3.05, 3.63) is 29.3 Å². The number of nitrogens with zero attached hydrogens (tertiary/aromatic N) is 2. The highest BCUT2D eigenvalue weighted by molar-refractivity contribution is 5.79. The van der Waals surface area contributed by atoms with Crippen molar-refractivity contribution in [2.45, 2.75) is 46.3 Å². The highest BCUT2D eigenvalue weighted by atomic mass is 16.5. The maximum Gasteiger partial charge on any atom is 0.191 e. The number of benzene rings is 1. The minimum absolute atomic E-state index is 0.154. The van der Waals surface area contributed by atoms with Crippen molar-refractivity contribution < 1.29 is 9.47 Å². The van der Waals surface area contributed by atoms with Crippen LogP contribution in [0.15, 0.2) is 23.2 Å². The maximum absolute atomic E-state index is 6.18. The Balaban J connectivity index is 1.86. The number of hydrogen-bond donors (Lipinski definition) is 2. The molecule has 6 nitrogen and oxygen atoms in total. The number of aryl methyl sites for hydroxylation is 1. The molecule has 2 rings (SSSR count). The van der Waals surface area contributed by atoms with Gasteiger partial charge in [-0.2, -0.15) is 0 Å². The van der Waals surface area contributed by atoms with Crippen LogP contribution in [-0.2, 0) is 11.3 Å². The normalized spacial score (nSPS) is 17.4. The Hall–Kier alpha value is -1.79. The summed E-state index contributed by atoms with van der Waals surface area (Å²) in [5.74, 6) is 1.76. The van der Waals surface area contributed by atoms with Gasteiger partial charge >= 0.3 is 0 Å². The lowest BCUT2D eigenvalue weighted by Gasteiger charge is -2.21. The first-order valence-corrected chi connectivity index (χ1v) is 10.2. The zero-order valence-electron chi connectivity index (χ0n) is 17.4. The van der Waals surface area contributed by atoms with E-state index in [9.17, 15) is 0 Å². The van der Waals surface area contributed by atoms with Gasteiger partial charge in [0.15, 0.2) is 5.96 Å². The molecule has 0 bridgehead atoms. The van der Waals surface area contributed by atoms with E-state index >= 15 is 0 Å². The topological polar surface area (TPSA) is 58.1 Å². The highest BCUT2D eigenvalue weighted by Gasteiger charge is 2.18. The summed E-state index contributed by atoms with van der Waals surface area (Å²) in [6.07, 6.45) is 2.29. The van der Waals surface area contributed by atoms with Gasteiger partial charge in [-0.05, 0) is 38.1 Å². The number of ether oxygens (including phenoxy) is 2. The molecule has 1 atom stereocenters. The lowest BCUT2D eigenvalue weighted by atomic mass is 10.1. The second kappa shape index (κ2) is 11.8. The van der Waals surface area contributed by atoms with E-state index in [0.717, 1.165) is 56.5 Å². The summed E-state index contributed by atoms with van der Waals surface area (Å²) in [4.78, 5) is 6.78. The Morgan fingerprint density at radius 2 is 2.15 bits per heavy atom. The van der Waals surface area contributed by atoms with E-state index in [1.54, 1.807) is 7.05 Å². The first-order chi connectivity index (χ1) is 13.2. The fraction of sp³-hybridized carbons (Fsp3) is 0.667. The average molecular weight is 377 g/mol. The van der Waals surface area contributed by atoms with Gasteiger partial charge in [0.05, 0.1) is 13.2 Å². The number of aliphatic imine (C=N–C) groups is 1. The molecule has 1 unspecified atom stereocenters. The third kappa shape index (κ3) is 7.39. The van der Waals surface area contributed by atoms with Crippen LogP contribution in [0.5, 0.6) is 5.75 Å². The molecular formula is C21H36N4O2. The minimum Gasteiger partial charge on any atom is -0.488 e. The SMILES string of the molecule is CCCN(CC)CCNC(=NC)NCc1ccc(C)cc1OC1CCOC1. The van der Waals surface area contributed by atoms with E-state index in [-0.39, 0.29) is 6.10 Å². The molecule has 1 aromatic rings. The summed E-state index contributed by atoms with van der Waals surface area (Å²) in [7, 11) is 1.81. The number of rotatable bonds is 10. The molecular weight excluding hydrogens is 340 g/mol. The molecule has 1 aliphatic heterocycles. The largest absolute Gasteiger partial charge is 0.488 e. The van der Waals surface area contributed by atoms with Crippen molar-refractivity contribution in [1.29, 1.82) is 0 Å². The molecule has 152 valence electrons. The van der Waals surface area contributed by atoms with Gasteiger partial charge in [0, 0.05) is 38.7 Å². The molecule has 1 aromatic carbocycles. The molecule has 0 aromatic heterocycles. The molecule has 2 N–H and O–H groups in total. The van der Waals surface area contributed by atoms with Gasteiger partial charge < -0.3 is 25.0 Å². The number of nitrogens with one attached hydrogen (secondary N) is 2. The molecule has 1 heterocycles. The van der Waals surface area contributed by atoms with Crippen molar-refractivity contribution in [2.24, 2.45) is 4.99 Å². The van der Waals surface area contributed by atoms with Gasteiger partial charge in [0.2, 0.25) is 0 Å². The van der Waals surface area contributed by atoms with Crippen molar-refractivity contribution in [3.8, 4) is 5.75 Å².